The van der Waals surface area contributed by atoms with Crippen LogP contribution in [0.15, 0.2) is 23.3 Å². The van der Waals surface area contributed by atoms with Crippen LogP contribution in [0.5, 0.6) is 0 Å². The summed E-state index contributed by atoms with van der Waals surface area (Å²) >= 11 is 0. The highest BCUT2D eigenvalue weighted by Crippen LogP contribution is 2.17. The molecule has 1 aromatic rings. The molecule has 140 valence electrons. The van der Waals surface area contributed by atoms with Gasteiger partial charge in [-0.25, -0.2) is 4.98 Å². The average Bonchev–Trinajstić information content (AvgIpc) is 3.13. The van der Waals surface area contributed by atoms with Crippen molar-refractivity contribution < 1.29 is 0 Å². The lowest BCUT2D eigenvalue weighted by molar-refractivity contribution is 0.312. The molecule has 2 heterocycles. The molecule has 25 heavy (non-hydrogen) atoms. The number of likely N-dealkylation sites (N-methyl/N-ethyl adjacent to an activating group) is 1. The molecule has 0 aromatic carbocycles. The van der Waals surface area contributed by atoms with E-state index in [0.29, 0.717) is 6.04 Å². The maximum Gasteiger partial charge on any atom is 0.191 e. The zero-order chi connectivity index (χ0) is 16.8. The van der Waals surface area contributed by atoms with Crippen LogP contribution in [0, 0.1) is 0 Å². The first-order chi connectivity index (χ1) is 11.7. The summed E-state index contributed by atoms with van der Waals surface area (Å²) in [5, 5.41) is 6.90. The minimum atomic E-state index is 0. The summed E-state index contributed by atoms with van der Waals surface area (Å²) < 4.78 is 0. The van der Waals surface area contributed by atoms with Crippen LogP contribution >= 0.6 is 24.0 Å². The Morgan fingerprint density at radius 1 is 1.20 bits per heavy atom. The Hall–Kier alpha value is -1.09. The first kappa shape index (κ1) is 20.2. The second-order valence-corrected chi connectivity index (χ2v) is 6.87. The fraction of sp³-hybridized carbons (Fsp3) is 0.667. The van der Waals surface area contributed by atoms with Crippen LogP contribution in [0.25, 0.3) is 0 Å². The molecule has 0 radical (unpaired) electrons. The van der Waals surface area contributed by atoms with Gasteiger partial charge in [-0.05, 0) is 31.5 Å². The third kappa shape index (κ3) is 5.99. The van der Waals surface area contributed by atoms with Crippen molar-refractivity contribution in [3.05, 3.63) is 23.9 Å². The summed E-state index contributed by atoms with van der Waals surface area (Å²) in [7, 11) is 4.00. The van der Waals surface area contributed by atoms with Gasteiger partial charge in [-0.3, -0.25) is 4.99 Å². The molecule has 0 bridgehead atoms. The first-order valence-electron chi connectivity index (χ1n) is 9.10. The molecule has 0 amide bonds. The van der Waals surface area contributed by atoms with Gasteiger partial charge in [0.1, 0.15) is 5.82 Å². The van der Waals surface area contributed by atoms with Gasteiger partial charge in [0.05, 0.1) is 0 Å². The minimum Gasteiger partial charge on any atom is -0.354 e. The van der Waals surface area contributed by atoms with Crippen LogP contribution in [0.2, 0.25) is 0 Å². The van der Waals surface area contributed by atoms with Gasteiger partial charge in [-0.2, -0.15) is 0 Å². The predicted molar refractivity (Wildman–Crippen MR) is 115 cm³/mol. The van der Waals surface area contributed by atoms with Crippen molar-refractivity contribution >= 4 is 35.8 Å². The van der Waals surface area contributed by atoms with Crippen molar-refractivity contribution in [2.24, 2.45) is 4.99 Å². The van der Waals surface area contributed by atoms with Crippen molar-refractivity contribution in [3.8, 4) is 0 Å². The van der Waals surface area contributed by atoms with E-state index in [-0.39, 0.29) is 24.0 Å². The maximum atomic E-state index is 4.64. The number of halogens is 1. The Bertz CT molecular complexity index is 533. The highest BCUT2D eigenvalue weighted by molar-refractivity contribution is 14.0. The molecule has 1 aliphatic carbocycles. The number of nitrogens with zero attached hydrogens (tertiary/aromatic N) is 4. The van der Waals surface area contributed by atoms with E-state index in [1.807, 2.05) is 13.2 Å². The van der Waals surface area contributed by atoms with E-state index in [4.69, 9.17) is 0 Å². The van der Waals surface area contributed by atoms with E-state index >= 15 is 0 Å². The fourth-order valence-corrected chi connectivity index (χ4v) is 3.39. The van der Waals surface area contributed by atoms with Gasteiger partial charge in [-0.1, -0.05) is 18.9 Å². The van der Waals surface area contributed by atoms with Crippen LogP contribution in [0.3, 0.4) is 0 Å². The lowest BCUT2D eigenvalue weighted by atomic mass is 10.2. The normalized spacial score (nSPS) is 19.6. The Kier molecular flexibility index (Phi) is 8.21. The number of piperazine rings is 1. The second kappa shape index (κ2) is 10.2. The molecule has 0 spiro atoms. The predicted octanol–water partition coefficient (Wildman–Crippen LogP) is 2.06. The van der Waals surface area contributed by atoms with Gasteiger partial charge in [-0.15, -0.1) is 24.0 Å². The fourth-order valence-electron chi connectivity index (χ4n) is 3.39. The minimum absolute atomic E-state index is 0. The molecule has 1 saturated heterocycles. The number of nitrogens with one attached hydrogen (secondary N) is 2. The van der Waals surface area contributed by atoms with Crippen molar-refractivity contribution in [3.63, 3.8) is 0 Å². The summed E-state index contributed by atoms with van der Waals surface area (Å²) in [6, 6.07) is 4.88. The molecule has 1 aromatic heterocycles. The van der Waals surface area contributed by atoms with Crippen molar-refractivity contribution in [1.82, 2.24) is 20.5 Å². The third-order valence-corrected chi connectivity index (χ3v) is 5.02. The molecule has 2 aliphatic rings. The third-order valence-electron chi connectivity index (χ3n) is 5.02. The molecule has 0 atom stereocenters. The van der Waals surface area contributed by atoms with Crippen molar-refractivity contribution in [2.45, 2.75) is 38.3 Å². The summed E-state index contributed by atoms with van der Waals surface area (Å²) in [5.41, 5.74) is 1.18. The molecular formula is C18H31IN6. The SMILES string of the molecule is CN=C(NCc1ccc(N2CCN(C)CC2)nc1)NC1CCCC1.I. The number of anilines is 1. The molecule has 2 fully saturated rings. The van der Waals surface area contributed by atoms with E-state index < -0.39 is 0 Å². The standard InChI is InChI=1S/C18H30N6.HI/c1-19-18(22-16-5-3-4-6-16)21-14-15-7-8-17(20-13-15)24-11-9-23(2)10-12-24;/h7-8,13,16H,3-6,9-12,14H2,1-2H3,(H2,19,21,22);1H. The van der Waals surface area contributed by atoms with E-state index in [1.54, 1.807) is 0 Å². The van der Waals surface area contributed by atoms with Crippen molar-refractivity contribution in [2.75, 3.05) is 45.2 Å². The molecular weight excluding hydrogens is 427 g/mol. The number of rotatable bonds is 4. The Morgan fingerprint density at radius 3 is 2.52 bits per heavy atom. The molecule has 1 aliphatic heterocycles. The number of pyridine rings is 1. The largest absolute Gasteiger partial charge is 0.354 e. The molecule has 6 nitrogen and oxygen atoms in total. The van der Waals surface area contributed by atoms with Crippen LogP contribution < -0.4 is 15.5 Å². The molecule has 3 rings (SSSR count). The topological polar surface area (TPSA) is 55.8 Å². The molecule has 1 saturated carbocycles. The highest BCUT2D eigenvalue weighted by Gasteiger charge is 2.16. The second-order valence-electron chi connectivity index (χ2n) is 6.87. The van der Waals surface area contributed by atoms with E-state index in [9.17, 15) is 0 Å². The molecule has 7 heteroatoms. The summed E-state index contributed by atoms with van der Waals surface area (Å²) in [4.78, 5) is 13.7. The Balaban J connectivity index is 0.00000225. The van der Waals surface area contributed by atoms with E-state index in [1.165, 1.54) is 31.2 Å². The number of aliphatic imine (C=N–C) groups is 1. The smallest absolute Gasteiger partial charge is 0.191 e. The van der Waals surface area contributed by atoms with Crippen LogP contribution in [-0.2, 0) is 6.54 Å². The first-order valence-corrected chi connectivity index (χ1v) is 9.10. The Morgan fingerprint density at radius 2 is 1.92 bits per heavy atom. The van der Waals surface area contributed by atoms with Crippen molar-refractivity contribution in [1.29, 1.82) is 0 Å². The highest BCUT2D eigenvalue weighted by atomic mass is 127. The van der Waals surface area contributed by atoms with E-state index in [0.717, 1.165) is 44.5 Å². The number of aromatic nitrogens is 1. The molecule has 2 N–H and O–H groups in total. The maximum absolute atomic E-state index is 4.64. The van der Waals surface area contributed by atoms with Crippen LogP contribution in [0.4, 0.5) is 5.82 Å². The quantitative estimate of drug-likeness (QED) is 0.411. The van der Waals surface area contributed by atoms with Crippen LogP contribution in [-0.4, -0.2) is 62.2 Å². The van der Waals surface area contributed by atoms with Gasteiger partial charge < -0.3 is 20.4 Å². The Labute approximate surface area is 168 Å². The summed E-state index contributed by atoms with van der Waals surface area (Å²) in [5.74, 6) is 1.98. The summed E-state index contributed by atoms with van der Waals surface area (Å²) in [6.45, 7) is 5.07. The molecule has 0 unspecified atom stereocenters. The summed E-state index contributed by atoms with van der Waals surface area (Å²) in [6.07, 6.45) is 7.13. The van der Waals surface area contributed by atoms with Gasteiger partial charge >= 0.3 is 0 Å². The number of guanidine groups is 1. The van der Waals surface area contributed by atoms with Gasteiger partial charge in [0, 0.05) is 52.0 Å². The number of hydrogen-bond donors (Lipinski definition) is 2. The van der Waals surface area contributed by atoms with Crippen LogP contribution in [0.1, 0.15) is 31.2 Å². The lowest BCUT2D eigenvalue weighted by Gasteiger charge is -2.33. The lowest BCUT2D eigenvalue weighted by Crippen LogP contribution is -2.44. The van der Waals surface area contributed by atoms with E-state index in [2.05, 4.69) is 49.6 Å². The monoisotopic (exact) mass is 458 g/mol. The number of hydrogen-bond acceptors (Lipinski definition) is 4. The average molecular weight is 458 g/mol. The van der Waals surface area contributed by atoms with Gasteiger partial charge in [0.2, 0.25) is 0 Å². The van der Waals surface area contributed by atoms with Gasteiger partial charge in [0.25, 0.3) is 0 Å². The zero-order valence-corrected chi connectivity index (χ0v) is 17.7. The van der Waals surface area contributed by atoms with Gasteiger partial charge in [0.15, 0.2) is 5.96 Å². The zero-order valence-electron chi connectivity index (χ0n) is 15.4.